The molecule has 0 aliphatic heterocycles. The number of carbonyl (C=O) groups excluding carboxylic acids is 1. The number of halogens is 1. The molecule has 0 bridgehead atoms. The van der Waals surface area contributed by atoms with Gasteiger partial charge in [-0.05, 0) is 25.1 Å². The molecule has 3 nitrogen and oxygen atoms in total. The van der Waals surface area contributed by atoms with Gasteiger partial charge in [-0.25, -0.2) is 4.39 Å². The van der Waals surface area contributed by atoms with E-state index in [1.165, 1.54) is 17.0 Å². The Hall–Kier alpha value is -1.86. The first-order valence-electron chi connectivity index (χ1n) is 5.25. The van der Waals surface area contributed by atoms with Crippen molar-refractivity contribution >= 4 is 5.91 Å². The maximum atomic E-state index is 13.6. The van der Waals surface area contributed by atoms with Crippen LogP contribution >= 0.6 is 0 Å². The molecule has 1 N–H and O–H groups in total. The summed E-state index contributed by atoms with van der Waals surface area (Å²) in [5, 5.41) is 8.52. The van der Waals surface area contributed by atoms with Crippen LogP contribution in [0.5, 0.6) is 0 Å². The van der Waals surface area contributed by atoms with Crippen LogP contribution in [0.2, 0.25) is 0 Å². The summed E-state index contributed by atoms with van der Waals surface area (Å²) >= 11 is 0. The summed E-state index contributed by atoms with van der Waals surface area (Å²) in [5.74, 6) is 4.05. The summed E-state index contributed by atoms with van der Waals surface area (Å²) in [7, 11) is 1.61. The van der Waals surface area contributed by atoms with E-state index in [-0.39, 0.29) is 18.1 Å². The van der Waals surface area contributed by atoms with E-state index in [0.29, 0.717) is 12.1 Å². The second kappa shape index (κ2) is 6.02. The van der Waals surface area contributed by atoms with Gasteiger partial charge in [0.1, 0.15) is 12.4 Å². The van der Waals surface area contributed by atoms with E-state index >= 15 is 0 Å². The molecule has 0 saturated carbocycles. The van der Waals surface area contributed by atoms with Gasteiger partial charge in [-0.1, -0.05) is 11.8 Å². The highest BCUT2D eigenvalue weighted by atomic mass is 19.1. The van der Waals surface area contributed by atoms with Gasteiger partial charge in [0.2, 0.25) is 0 Å². The highest BCUT2D eigenvalue weighted by Crippen LogP contribution is 2.12. The fourth-order valence-electron chi connectivity index (χ4n) is 1.26. The summed E-state index contributed by atoms with van der Waals surface area (Å²) in [6.45, 7) is 2.06. The quantitative estimate of drug-likeness (QED) is 0.784. The molecule has 0 spiro atoms. The average Bonchev–Trinajstić information content (AvgIpc) is 2.34. The lowest BCUT2D eigenvalue weighted by molar-refractivity contribution is 0.0798. The molecule has 0 saturated heterocycles. The molecule has 1 amide bonds. The van der Waals surface area contributed by atoms with Gasteiger partial charge in [0.25, 0.3) is 5.91 Å². The van der Waals surface area contributed by atoms with Gasteiger partial charge in [0.05, 0.1) is 5.56 Å². The van der Waals surface area contributed by atoms with Crippen molar-refractivity contribution in [1.29, 1.82) is 0 Å². The lowest BCUT2D eigenvalue weighted by Gasteiger charge is -2.14. The molecule has 0 aromatic heterocycles. The summed E-state index contributed by atoms with van der Waals surface area (Å²) in [6.07, 6.45) is 0. The number of amides is 1. The maximum Gasteiger partial charge on any atom is 0.256 e. The number of hydrogen-bond donors (Lipinski definition) is 1. The molecular weight excluding hydrogens is 221 g/mol. The Morgan fingerprint density at radius 1 is 1.53 bits per heavy atom. The summed E-state index contributed by atoms with van der Waals surface area (Å²) in [4.78, 5) is 13.2. The number of aliphatic hydroxyl groups excluding tert-OH is 1. The predicted molar refractivity (Wildman–Crippen MR) is 63.0 cm³/mol. The van der Waals surface area contributed by atoms with Crippen LogP contribution in [0.25, 0.3) is 0 Å². The van der Waals surface area contributed by atoms with Gasteiger partial charge >= 0.3 is 0 Å². The van der Waals surface area contributed by atoms with Gasteiger partial charge in [0.15, 0.2) is 0 Å². The number of benzene rings is 1. The van der Waals surface area contributed by atoms with E-state index in [9.17, 15) is 9.18 Å². The van der Waals surface area contributed by atoms with Crippen molar-refractivity contribution in [1.82, 2.24) is 4.90 Å². The summed E-state index contributed by atoms with van der Waals surface area (Å²) < 4.78 is 13.6. The van der Waals surface area contributed by atoms with Gasteiger partial charge in [-0.2, -0.15) is 0 Å². The zero-order valence-electron chi connectivity index (χ0n) is 9.83. The largest absolute Gasteiger partial charge is 0.384 e. The van der Waals surface area contributed by atoms with E-state index in [4.69, 9.17) is 5.11 Å². The third kappa shape index (κ3) is 3.30. The third-order valence-electron chi connectivity index (χ3n) is 2.33. The minimum Gasteiger partial charge on any atom is -0.384 e. The van der Waals surface area contributed by atoms with E-state index in [1.54, 1.807) is 13.1 Å². The van der Waals surface area contributed by atoms with Crippen LogP contribution < -0.4 is 0 Å². The van der Waals surface area contributed by atoms with Crippen LogP contribution in [0.4, 0.5) is 4.39 Å². The van der Waals surface area contributed by atoms with Gasteiger partial charge < -0.3 is 10.0 Å². The first-order chi connectivity index (χ1) is 8.10. The summed E-state index contributed by atoms with van der Waals surface area (Å²) in [5.41, 5.74) is 0.469. The molecule has 1 aromatic rings. The molecule has 0 radical (unpaired) electrons. The first kappa shape index (κ1) is 13.2. The fraction of sp³-hybridized carbons (Fsp3) is 0.308. The number of rotatable bonds is 2. The maximum absolute atomic E-state index is 13.6. The van der Waals surface area contributed by atoms with E-state index < -0.39 is 5.82 Å². The van der Waals surface area contributed by atoms with Crippen molar-refractivity contribution in [2.45, 2.75) is 6.92 Å². The second-order valence-electron chi connectivity index (χ2n) is 3.47. The molecule has 0 heterocycles. The van der Waals surface area contributed by atoms with Crippen LogP contribution in [0.3, 0.4) is 0 Å². The zero-order valence-corrected chi connectivity index (χ0v) is 9.83. The topological polar surface area (TPSA) is 40.5 Å². The Morgan fingerprint density at radius 2 is 2.24 bits per heavy atom. The molecule has 0 unspecified atom stereocenters. The lowest BCUT2D eigenvalue weighted by atomic mass is 10.1. The molecule has 1 aromatic carbocycles. The van der Waals surface area contributed by atoms with Crippen molar-refractivity contribution in [3.8, 4) is 11.8 Å². The number of aliphatic hydroxyl groups is 1. The van der Waals surface area contributed by atoms with E-state index in [0.717, 1.165) is 0 Å². The number of carbonyl (C=O) groups is 1. The number of nitrogens with zero attached hydrogens (tertiary/aromatic N) is 1. The fourth-order valence-corrected chi connectivity index (χ4v) is 1.26. The number of hydrogen-bond acceptors (Lipinski definition) is 2. The van der Waals surface area contributed by atoms with Crippen molar-refractivity contribution in [3.05, 3.63) is 35.1 Å². The van der Waals surface area contributed by atoms with Crippen LogP contribution in [0.15, 0.2) is 18.2 Å². The Labute approximate surface area is 99.9 Å². The molecule has 17 heavy (non-hydrogen) atoms. The van der Waals surface area contributed by atoms with Crippen LogP contribution in [0, 0.1) is 17.7 Å². The smallest absolute Gasteiger partial charge is 0.256 e. The average molecular weight is 235 g/mol. The highest BCUT2D eigenvalue weighted by molar-refractivity contribution is 5.94. The van der Waals surface area contributed by atoms with Crippen molar-refractivity contribution < 1.29 is 14.3 Å². The molecule has 0 atom stereocenters. The molecule has 1 rings (SSSR count). The van der Waals surface area contributed by atoms with Crippen LogP contribution in [-0.4, -0.2) is 36.1 Å². The standard InChI is InChI=1S/C13H14FNO2/c1-3-15(2)13(17)11-7-6-10(5-4-8-16)9-12(11)14/h6-7,9,16H,3,8H2,1-2H3. The molecule has 0 aliphatic rings. The zero-order chi connectivity index (χ0) is 12.8. The summed E-state index contributed by atoms with van der Waals surface area (Å²) in [6, 6.07) is 4.16. The molecule has 90 valence electrons. The monoisotopic (exact) mass is 235 g/mol. The highest BCUT2D eigenvalue weighted by Gasteiger charge is 2.14. The SMILES string of the molecule is CCN(C)C(=O)c1ccc(C#CCO)cc1F. The van der Waals surface area contributed by atoms with Crippen molar-refractivity contribution in [3.63, 3.8) is 0 Å². The second-order valence-corrected chi connectivity index (χ2v) is 3.47. The molecule has 0 fully saturated rings. The van der Waals surface area contributed by atoms with Gasteiger partial charge in [-0.3, -0.25) is 4.79 Å². The van der Waals surface area contributed by atoms with Gasteiger partial charge in [0, 0.05) is 19.2 Å². The van der Waals surface area contributed by atoms with Crippen LogP contribution in [0.1, 0.15) is 22.8 Å². The Bertz CT molecular complexity index is 474. The first-order valence-corrected chi connectivity index (χ1v) is 5.25. The van der Waals surface area contributed by atoms with Gasteiger partial charge in [-0.15, -0.1) is 0 Å². The Balaban J connectivity index is 3.01. The molecular formula is C13H14FNO2. The van der Waals surface area contributed by atoms with E-state index in [2.05, 4.69) is 11.8 Å². The van der Waals surface area contributed by atoms with E-state index in [1.807, 2.05) is 6.92 Å². The lowest BCUT2D eigenvalue weighted by Crippen LogP contribution is -2.27. The Kier molecular flexibility index (Phi) is 4.68. The predicted octanol–water partition coefficient (Wildman–Crippen LogP) is 1.26. The normalized spacial score (nSPS) is 9.41. The minimum absolute atomic E-state index is 0.0314. The van der Waals surface area contributed by atoms with Crippen molar-refractivity contribution in [2.24, 2.45) is 0 Å². The molecule has 4 heteroatoms. The van der Waals surface area contributed by atoms with Crippen LogP contribution in [-0.2, 0) is 0 Å². The minimum atomic E-state index is -0.597. The van der Waals surface area contributed by atoms with Crippen molar-refractivity contribution in [2.75, 3.05) is 20.2 Å². The third-order valence-corrected chi connectivity index (χ3v) is 2.33. The Morgan fingerprint density at radius 3 is 2.76 bits per heavy atom. The molecule has 0 aliphatic carbocycles.